The lowest BCUT2D eigenvalue weighted by molar-refractivity contribution is 0.103. The standard InChI is InChI=1S/C16H15N5O3/c1-4-5-12-18-19-16-17-14-13(20-21(12)16)8-6-10(23-2)11(24-3)7-9(8)15(14)22/h6-7H,4-5H2,1-3H3. The first kappa shape index (κ1) is 14.6. The van der Waals surface area contributed by atoms with Gasteiger partial charge >= 0.3 is 0 Å². The minimum Gasteiger partial charge on any atom is -0.493 e. The van der Waals surface area contributed by atoms with Gasteiger partial charge in [-0.1, -0.05) is 6.92 Å². The number of benzene rings is 1. The lowest BCUT2D eigenvalue weighted by atomic mass is 10.1. The normalized spacial score (nSPS) is 12.4. The van der Waals surface area contributed by atoms with Crippen molar-refractivity contribution in [3.63, 3.8) is 0 Å². The molecule has 0 bridgehead atoms. The number of fused-ring (bicyclic) bond motifs is 4. The molecule has 0 N–H and O–H groups in total. The molecule has 4 rings (SSSR count). The summed E-state index contributed by atoms with van der Waals surface area (Å²) in [6.07, 6.45) is 1.65. The predicted molar refractivity (Wildman–Crippen MR) is 84.5 cm³/mol. The maximum absolute atomic E-state index is 12.7. The first-order valence-corrected chi connectivity index (χ1v) is 7.61. The maximum atomic E-state index is 12.7. The summed E-state index contributed by atoms with van der Waals surface area (Å²) in [5, 5.41) is 12.7. The van der Waals surface area contributed by atoms with Crippen molar-refractivity contribution in [2.45, 2.75) is 19.8 Å². The van der Waals surface area contributed by atoms with Crippen LogP contribution in [0.2, 0.25) is 0 Å². The van der Waals surface area contributed by atoms with E-state index in [1.165, 1.54) is 7.11 Å². The fraction of sp³-hybridized carbons (Fsp3) is 0.312. The predicted octanol–water partition coefficient (Wildman–Crippen LogP) is 1.70. The fourth-order valence-electron chi connectivity index (χ4n) is 2.88. The van der Waals surface area contributed by atoms with Gasteiger partial charge in [-0.15, -0.1) is 10.2 Å². The first-order chi connectivity index (χ1) is 11.7. The zero-order valence-electron chi connectivity index (χ0n) is 13.5. The fourth-order valence-corrected chi connectivity index (χ4v) is 2.88. The molecule has 1 aromatic carbocycles. The summed E-state index contributed by atoms with van der Waals surface area (Å²) in [5.41, 5.74) is 1.97. The van der Waals surface area contributed by atoms with Crippen molar-refractivity contribution in [2.75, 3.05) is 14.2 Å². The average molecular weight is 325 g/mol. The summed E-state index contributed by atoms with van der Waals surface area (Å²) in [5.74, 6) is 1.89. The van der Waals surface area contributed by atoms with E-state index in [9.17, 15) is 4.79 Å². The molecule has 1 aliphatic rings. The molecule has 3 aromatic rings. The zero-order chi connectivity index (χ0) is 16.8. The Bertz CT molecular complexity index is 979. The van der Waals surface area contributed by atoms with Crippen LogP contribution in [0.4, 0.5) is 0 Å². The molecule has 0 saturated heterocycles. The third-order valence-electron chi connectivity index (χ3n) is 4.04. The van der Waals surface area contributed by atoms with Gasteiger partial charge in [-0.3, -0.25) is 4.79 Å². The Morgan fingerprint density at radius 2 is 1.75 bits per heavy atom. The number of ketones is 1. The summed E-state index contributed by atoms with van der Waals surface area (Å²) < 4.78 is 12.2. The number of nitrogens with zero attached hydrogens (tertiary/aromatic N) is 5. The smallest absolute Gasteiger partial charge is 0.272 e. The van der Waals surface area contributed by atoms with E-state index in [-0.39, 0.29) is 11.5 Å². The molecule has 24 heavy (non-hydrogen) atoms. The molecule has 8 heteroatoms. The summed E-state index contributed by atoms with van der Waals surface area (Å²) >= 11 is 0. The highest BCUT2D eigenvalue weighted by atomic mass is 16.5. The molecular formula is C16H15N5O3. The third kappa shape index (κ3) is 1.89. The summed E-state index contributed by atoms with van der Waals surface area (Å²) in [4.78, 5) is 17.0. The molecule has 8 nitrogen and oxygen atoms in total. The van der Waals surface area contributed by atoms with Crippen molar-refractivity contribution < 1.29 is 14.3 Å². The van der Waals surface area contributed by atoms with Crippen LogP contribution in [0.5, 0.6) is 11.5 Å². The van der Waals surface area contributed by atoms with Crippen LogP contribution in [-0.2, 0) is 6.42 Å². The van der Waals surface area contributed by atoms with Crippen LogP contribution >= 0.6 is 0 Å². The van der Waals surface area contributed by atoms with E-state index in [4.69, 9.17) is 9.47 Å². The number of rotatable bonds is 4. The van der Waals surface area contributed by atoms with Gasteiger partial charge in [0.2, 0.25) is 5.78 Å². The Labute approximate surface area is 137 Å². The molecule has 0 amide bonds. The minimum absolute atomic E-state index is 0.198. The van der Waals surface area contributed by atoms with Crippen LogP contribution in [0.15, 0.2) is 12.1 Å². The van der Waals surface area contributed by atoms with Crippen LogP contribution in [0.3, 0.4) is 0 Å². The number of carbonyl (C=O) groups is 1. The minimum atomic E-state index is -0.198. The van der Waals surface area contributed by atoms with Crippen molar-refractivity contribution in [3.8, 4) is 22.8 Å². The molecule has 0 aliphatic heterocycles. The number of carbonyl (C=O) groups excluding carboxylic acids is 1. The van der Waals surface area contributed by atoms with Gasteiger partial charge in [0.05, 0.1) is 14.2 Å². The number of hydrogen-bond donors (Lipinski definition) is 0. The van der Waals surface area contributed by atoms with Crippen molar-refractivity contribution in [2.24, 2.45) is 0 Å². The summed E-state index contributed by atoms with van der Waals surface area (Å²) in [6, 6.07) is 3.41. The lowest BCUT2D eigenvalue weighted by Gasteiger charge is -2.09. The van der Waals surface area contributed by atoms with E-state index in [2.05, 4.69) is 27.2 Å². The monoisotopic (exact) mass is 325 g/mol. The first-order valence-electron chi connectivity index (χ1n) is 7.61. The SMILES string of the molecule is CCCc1nnc2nc3c(nn12)-c1cc(OC)c(OC)cc1C3=O. The maximum Gasteiger partial charge on any atom is 0.272 e. The second-order valence-electron chi connectivity index (χ2n) is 5.47. The third-order valence-corrected chi connectivity index (χ3v) is 4.04. The highest BCUT2D eigenvalue weighted by molar-refractivity contribution is 6.20. The van der Waals surface area contributed by atoms with Crippen molar-refractivity contribution in [1.82, 2.24) is 24.8 Å². The summed E-state index contributed by atoms with van der Waals surface area (Å²) in [7, 11) is 3.08. The largest absolute Gasteiger partial charge is 0.493 e. The van der Waals surface area contributed by atoms with Crippen LogP contribution in [0.25, 0.3) is 17.0 Å². The number of ether oxygens (including phenoxy) is 2. The Kier molecular flexibility index (Phi) is 3.19. The Morgan fingerprint density at radius 3 is 2.42 bits per heavy atom. The van der Waals surface area contributed by atoms with Gasteiger partial charge in [0, 0.05) is 17.5 Å². The van der Waals surface area contributed by atoms with Gasteiger partial charge in [0.15, 0.2) is 17.3 Å². The zero-order valence-corrected chi connectivity index (χ0v) is 13.5. The van der Waals surface area contributed by atoms with Gasteiger partial charge in [-0.2, -0.15) is 9.61 Å². The van der Waals surface area contributed by atoms with Crippen LogP contribution in [0.1, 0.15) is 35.2 Å². The molecule has 0 unspecified atom stereocenters. The van der Waals surface area contributed by atoms with E-state index in [0.29, 0.717) is 34.1 Å². The topological polar surface area (TPSA) is 91.5 Å². The number of aryl methyl sites for hydroxylation is 1. The van der Waals surface area contributed by atoms with E-state index in [1.54, 1.807) is 23.8 Å². The van der Waals surface area contributed by atoms with Gasteiger partial charge in [-0.05, 0) is 18.6 Å². The highest BCUT2D eigenvalue weighted by Crippen LogP contribution is 2.41. The molecule has 2 aromatic heterocycles. The highest BCUT2D eigenvalue weighted by Gasteiger charge is 2.33. The number of methoxy groups -OCH3 is 2. The molecule has 0 saturated carbocycles. The van der Waals surface area contributed by atoms with Gasteiger partial charge in [-0.25, -0.2) is 4.98 Å². The average Bonchev–Trinajstić information content (AvgIpc) is 3.12. The number of hydrogen-bond acceptors (Lipinski definition) is 7. The molecule has 0 fully saturated rings. The number of aromatic nitrogens is 5. The van der Waals surface area contributed by atoms with Gasteiger partial charge < -0.3 is 9.47 Å². The van der Waals surface area contributed by atoms with Crippen LogP contribution in [-0.4, -0.2) is 44.8 Å². The molecule has 2 heterocycles. The van der Waals surface area contributed by atoms with E-state index >= 15 is 0 Å². The van der Waals surface area contributed by atoms with Gasteiger partial charge in [0.1, 0.15) is 11.4 Å². The molecule has 0 atom stereocenters. The Balaban J connectivity index is 1.97. The second kappa shape index (κ2) is 5.26. The summed E-state index contributed by atoms with van der Waals surface area (Å²) in [6.45, 7) is 2.05. The van der Waals surface area contributed by atoms with Crippen molar-refractivity contribution in [3.05, 3.63) is 29.2 Å². The molecule has 0 spiro atoms. The Morgan fingerprint density at radius 1 is 1.04 bits per heavy atom. The van der Waals surface area contributed by atoms with Crippen molar-refractivity contribution >= 4 is 11.6 Å². The quantitative estimate of drug-likeness (QED) is 0.564. The van der Waals surface area contributed by atoms with Gasteiger partial charge in [0.25, 0.3) is 5.78 Å². The molecule has 1 aliphatic carbocycles. The van der Waals surface area contributed by atoms with E-state index < -0.39 is 0 Å². The van der Waals surface area contributed by atoms with Crippen LogP contribution < -0.4 is 9.47 Å². The molecule has 122 valence electrons. The van der Waals surface area contributed by atoms with Crippen molar-refractivity contribution in [1.29, 1.82) is 0 Å². The molecular weight excluding hydrogens is 310 g/mol. The van der Waals surface area contributed by atoms with E-state index in [0.717, 1.165) is 18.7 Å². The second-order valence-corrected chi connectivity index (χ2v) is 5.47. The van der Waals surface area contributed by atoms with Crippen LogP contribution in [0, 0.1) is 0 Å². The molecule has 0 radical (unpaired) electrons. The van der Waals surface area contributed by atoms with E-state index in [1.807, 2.05) is 0 Å². The Hall–Kier alpha value is -3.03. The lowest BCUT2D eigenvalue weighted by Crippen LogP contribution is -2.06.